The molecule has 21 heavy (non-hydrogen) atoms. The molecular weight excluding hydrogens is 262 g/mol. The van der Waals surface area contributed by atoms with Crippen LogP contribution in [-0.4, -0.2) is 61.5 Å². The van der Waals surface area contributed by atoms with Crippen molar-refractivity contribution < 1.29 is 4.79 Å². The van der Waals surface area contributed by atoms with Gasteiger partial charge in [-0.2, -0.15) is 0 Å². The smallest absolute Gasteiger partial charge is 0.237 e. The Morgan fingerprint density at radius 2 is 2.05 bits per heavy atom. The summed E-state index contributed by atoms with van der Waals surface area (Å²) in [5.41, 5.74) is 0. The summed E-state index contributed by atoms with van der Waals surface area (Å²) in [4.78, 5) is 16.5. The molecule has 4 nitrogen and oxygen atoms in total. The number of carbonyl (C=O) groups excluding carboxylic acids is 1. The van der Waals surface area contributed by atoms with E-state index in [0.717, 1.165) is 32.6 Å². The van der Waals surface area contributed by atoms with Crippen LogP contribution in [0.25, 0.3) is 0 Å². The summed E-state index contributed by atoms with van der Waals surface area (Å²) in [6.45, 7) is 15.5. The highest BCUT2D eigenvalue weighted by molar-refractivity contribution is 5.78. The molecule has 1 aliphatic heterocycles. The van der Waals surface area contributed by atoms with Gasteiger partial charge in [0.05, 0.1) is 6.54 Å². The van der Waals surface area contributed by atoms with Crippen molar-refractivity contribution in [3.63, 3.8) is 0 Å². The second kappa shape index (κ2) is 10.6. The fourth-order valence-electron chi connectivity index (χ4n) is 2.88. The van der Waals surface area contributed by atoms with E-state index in [0.29, 0.717) is 25.6 Å². The first-order valence-electron chi connectivity index (χ1n) is 8.13. The number of rotatable bonds is 10. The Labute approximate surface area is 129 Å². The molecule has 0 radical (unpaired) electrons. The van der Waals surface area contributed by atoms with E-state index in [1.165, 1.54) is 12.8 Å². The molecule has 1 amide bonds. The van der Waals surface area contributed by atoms with Gasteiger partial charge in [0.15, 0.2) is 0 Å². The molecule has 0 aromatic rings. The van der Waals surface area contributed by atoms with Crippen molar-refractivity contribution in [2.24, 2.45) is 5.92 Å². The minimum Gasteiger partial charge on any atom is -0.334 e. The zero-order valence-electron chi connectivity index (χ0n) is 13.5. The number of carbonyl (C=O) groups is 1. The molecule has 1 rings (SSSR count). The summed E-state index contributed by atoms with van der Waals surface area (Å²) < 4.78 is 0. The van der Waals surface area contributed by atoms with E-state index < -0.39 is 0 Å². The molecule has 1 unspecified atom stereocenters. The Morgan fingerprint density at radius 1 is 1.33 bits per heavy atom. The molecule has 120 valence electrons. The maximum absolute atomic E-state index is 12.4. The normalized spacial score (nSPS) is 18.5. The Bertz CT molecular complexity index is 314. The zero-order chi connectivity index (χ0) is 15.5. The summed E-state index contributed by atoms with van der Waals surface area (Å²) in [6, 6.07) is 0. The molecule has 1 N–H and O–H groups in total. The minimum atomic E-state index is 0.173. The predicted octanol–water partition coefficient (Wildman–Crippen LogP) is 1.90. The van der Waals surface area contributed by atoms with E-state index >= 15 is 0 Å². The van der Waals surface area contributed by atoms with Gasteiger partial charge in [0.2, 0.25) is 5.91 Å². The Hall–Kier alpha value is -1.13. The van der Waals surface area contributed by atoms with Gasteiger partial charge < -0.3 is 10.2 Å². The third-order valence-electron chi connectivity index (χ3n) is 3.87. The maximum Gasteiger partial charge on any atom is 0.237 e. The molecule has 0 aliphatic carbocycles. The number of hydrogen-bond donors (Lipinski definition) is 1. The molecule has 0 spiro atoms. The lowest BCUT2D eigenvalue weighted by molar-refractivity contribution is -0.131. The van der Waals surface area contributed by atoms with Crippen molar-refractivity contribution in [2.75, 3.05) is 45.8 Å². The summed E-state index contributed by atoms with van der Waals surface area (Å²) in [5, 5.41) is 3.45. The molecule has 1 fully saturated rings. The van der Waals surface area contributed by atoms with E-state index in [2.05, 4.69) is 30.3 Å². The lowest BCUT2D eigenvalue weighted by atomic mass is 9.99. The van der Waals surface area contributed by atoms with Gasteiger partial charge in [0.1, 0.15) is 0 Å². The van der Waals surface area contributed by atoms with Crippen molar-refractivity contribution in [3.8, 4) is 0 Å². The lowest BCUT2D eigenvalue weighted by Gasteiger charge is -2.31. The van der Waals surface area contributed by atoms with Gasteiger partial charge in [0, 0.05) is 19.6 Å². The summed E-state index contributed by atoms with van der Waals surface area (Å²) >= 11 is 0. The molecule has 0 aromatic heterocycles. The highest BCUT2D eigenvalue weighted by atomic mass is 16.2. The lowest BCUT2D eigenvalue weighted by Crippen LogP contribution is -2.44. The zero-order valence-corrected chi connectivity index (χ0v) is 13.5. The molecule has 1 atom stereocenters. The summed E-state index contributed by atoms with van der Waals surface area (Å²) in [7, 11) is 0. The predicted molar refractivity (Wildman–Crippen MR) is 89.3 cm³/mol. The molecule has 1 saturated heterocycles. The van der Waals surface area contributed by atoms with E-state index in [9.17, 15) is 4.79 Å². The fourth-order valence-corrected chi connectivity index (χ4v) is 2.88. The quantitative estimate of drug-likeness (QED) is 0.625. The average molecular weight is 293 g/mol. The van der Waals surface area contributed by atoms with Crippen LogP contribution in [0.2, 0.25) is 0 Å². The van der Waals surface area contributed by atoms with Gasteiger partial charge in [-0.3, -0.25) is 9.69 Å². The number of amides is 1. The first kappa shape index (κ1) is 17.9. The third-order valence-corrected chi connectivity index (χ3v) is 3.87. The van der Waals surface area contributed by atoms with Gasteiger partial charge in [-0.05, 0) is 44.8 Å². The first-order valence-corrected chi connectivity index (χ1v) is 8.13. The number of hydrogen-bond acceptors (Lipinski definition) is 3. The van der Waals surface area contributed by atoms with E-state index in [1.54, 1.807) is 12.2 Å². The van der Waals surface area contributed by atoms with Crippen LogP contribution in [0.3, 0.4) is 0 Å². The first-order chi connectivity index (χ1) is 10.2. The van der Waals surface area contributed by atoms with Gasteiger partial charge in [-0.25, -0.2) is 0 Å². The van der Waals surface area contributed by atoms with Gasteiger partial charge >= 0.3 is 0 Å². The molecule has 0 saturated carbocycles. The Morgan fingerprint density at radius 3 is 2.57 bits per heavy atom. The topological polar surface area (TPSA) is 35.6 Å². The Balaban J connectivity index is 2.51. The second-order valence-electron chi connectivity index (χ2n) is 5.82. The van der Waals surface area contributed by atoms with Gasteiger partial charge in [-0.15, -0.1) is 13.2 Å². The van der Waals surface area contributed by atoms with E-state index in [1.807, 2.05) is 4.90 Å². The van der Waals surface area contributed by atoms with Crippen molar-refractivity contribution in [2.45, 2.75) is 26.2 Å². The van der Waals surface area contributed by atoms with Crippen molar-refractivity contribution in [1.82, 2.24) is 15.1 Å². The van der Waals surface area contributed by atoms with Crippen LogP contribution in [0.1, 0.15) is 26.2 Å². The molecule has 0 aromatic carbocycles. The number of piperidine rings is 1. The fraction of sp³-hybridized carbons (Fsp3) is 0.706. The van der Waals surface area contributed by atoms with Crippen LogP contribution in [0, 0.1) is 5.92 Å². The SMILES string of the molecule is C=CCN(CC=C)C(=O)CN(CCC)CC1CCCNC1. The second-order valence-corrected chi connectivity index (χ2v) is 5.82. The monoisotopic (exact) mass is 293 g/mol. The Kier molecular flexibility index (Phi) is 9.02. The highest BCUT2D eigenvalue weighted by Crippen LogP contribution is 2.12. The van der Waals surface area contributed by atoms with Crippen molar-refractivity contribution >= 4 is 5.91 Å². The minimum absolute atomic E-state index is 0.173. The maximum atomic E-state index is 12.4. The van der Waals surface area contributed by atoms with E-state index in [4.69, 9.17) is 0 Å². The van der Waals surface area contributed by atoms with Crippen molar-refractivity contribution in [1.29, 1.82) is 0 Å². The largest absolute Gasteiger partial charge is 0.334 e. The molecule has 4 heteroatoms. The van der Waals surface area contributed by atoms with Gasteiger partial charge in [0.25, 0.3) is 0 Å². The van der Waals surface area contributed by atoms with Crippen LogP contribution < -0.4 is 5.32 Å². The van der Waals surface area contributed by atoms with Crippen LogP contribution in [0.15, 0.2) is 25.3 Å². The summed E-state index contributed by atoms with van der Waals surface area (Å²) in [6.07, 6.45) is 7.14. The highest BCUT2D eigenvalue weighted by Gasteiger charge is 2.20. The van der Waals surface area contributed by atoms with Gasteiger partial charge in [-0.1, -0.05) is 19.1 Å². The molecule has 1 heterocycles. The van der Waals surface area contributed by atoms with Crippen LogP contribution >= 0.6 is 0 Å². The summed E-state index contributed by atoms with van der Waals surface area (Å²) in [5.74, 6) is 0.845. The van der Waals surface area contributed by atoms with Crippen LogP contribution in [0.5, 0.6) is 0 Å². The average Bonchev–Trinajstić information content (AvgIpc) is 2.48. The van der Waals surface area contributed by atoms with E-state index in [-0.39, 0.29) is 5.91 Å². The standard InChI is InChI=1S/C17H31N3O/c1-4-10-19(14-16-8-7-9-18-13-16)15-17(21)20(11-5-2)12-6-3/h5-6,16,18H,2-4,7-15H2,1H3. The molecule has 1 aliphatic rings. The molecule has 0 bridgehead atoms. The number of nitrogens with one attached hydrogen (secondary N) is 1. The van der Waals surface area contributed by atoms with Crippen LogP contribution in [0.4, 0.5) is 0 Å². The number of nitrogens with zero attached hydrogens (tertiary/aromatic N) is 2. The van der Waals surface area contributed by atoms with Crippen LogP contribution in [-0.2, 0) is 4.79 Å². The molecular formula is C17H31N3O. The van der Waals surface area contributed by atoms with Crippen molar-refractivity contribution in [3.05, 3.63) is 25.3 Å². The third kappa shape index (κ3) is 6.91.